The molecule has 1 aromatic heterocycles. The molecular weight excluding hydrogens is 527 g/mol. The highest BCUT2D eigenvalue weighted by Crippen LogP contribution is 2.31. The van der Waals surface area contributed by atoms with Gasteiger partial charge in [-0.15, -0.1) is 0 Å². The van der Waals surface area contributed by atoms with Crippen molar-refractivity contribution >= 4 is 23.6 Å². The number of amides is 2. The van der Waals surface area contributed by atoms with Crippen molar-refractivity contribution in [3.05, 3.63) is 28.2 Å². The molecule has 2 amide bonds. The zero-order chi connectivity index (χ0) is 29.8. The summed E-state index contributed by atoms with van der Waals surface area (Å²) in [6, 6.07) is -1.01. The van der Waals surface area contributed by atoms with E-state index < -0.39 is 54.0 Å². The average Bonchev–Trinajstić information content (AvgIpc) is 3.15. The van der Waals surface area contributed by atoms with Crippen LogP contribution in [0.1, 0.15) is 96.4 Å². The summed E-state index contributed by atoms with van der Waals surface area (Å²) in [5.41, 5.74) is 4.34. The Morgan fingerprint density at radius 1 is 1.15 bits per heavy atom. The van der Waals surface area contributed by atoms with Gasteiger partial charge in [-0.3, -0.25) is 23.7 Å². The molecule has 12 nitrogen and oxygen atoms in total. The lowest BCUT2D eigenvalue weighted by atomic mass is 10.0. The summed E-state index contributed by atoms with van der Waals surface area (Å²) in [7, 11) is 0. The molecule has 2 heterocycles. The molecule has 1 aromatic rings. The molecule has 1 aliphatic rings. The van der Waals surface area contributed by atoms with E-state index >= 15 is 0 Å². The average molecular weight is 569 g/mol. The van der Waals surface area contributed by atoms with E-state index in [4.69, 9.17) is 15.2 Å². The van der Waals surface area contributed by atoms with Crippen LogP contribution >= 0.6 is 0 Å². The molecule has 40 heavy (non-hydrogen) atoms. The van der Waals surface area contributed by atoms with E-state index in [1.54, 1.807) is 6.92 Å². The molecule has 5 atom stereocenters. The number of aromatic nitrogens is 2. The number of nitrogens with one attached hydrogen (secondary N) is 1. The summed E-state index contributed by atoms with van der Waals surface area (Å²) >= 11 is 0. The summed E-state index contributed by atoms with van der Waals surface area (Å²) in [4.78, 5) is 64.4. The number of aryl methyl sites for hydroxylation is 1. The van der Waals surface area contributed by atoms with Crippen LogP contribution in [0.25, 0.3) is 0 Å². The van der Waals surface area contributed by atoms with Gasteiger partial charge in [0.1, 0.15) is 6.10 Å². The van der Waals surface area contributed by atoms with Gasteiger partial charge in [-0.1, -0.05) is 32.6 Å². The second kappa shape index (κ2) is 16.2. The van der Waals surface area contributed by atoms with Gasteiger partial charge in [0.15, 0.2) is 23.9 Å². The Balaban J connectivity index is 1.80. The topological polar surface area (TPSA) is 180 Å². The summed E-state index contributed by atoms with van der Waals surface area (Å²) in [6.45, 7) is 4.97. The zero-order valence-electron chi connectivity index (χ0n) is 23.4. The second-order valence-electron chi connectivity index (χ2n) is 10.2. The summed E-state index contributed by atoms with van der Waals surface area (Å²) in [5, 5.41) is 13.2. The monoisotopic (exact) mass is 568 g/mol. The molecule has 1 saturated heterocycles. The van der Waals surface area contributed by atoms with Crippen molar-refractivity contribution in [1.29, 1.82) is 0 Å². The maximum atomic E-state index is 13.9. The molecule has 2 rings (SSSR count). The number of Topliss-reactive ketones (excluding diaryl/α,β-unsaturated/α-hetero) is 1. The zero-order valence-corrected chi connectivity index (χ0v) is 23.4. The van der Waals surface area contributed by atoms with Crippen LogP contribution in [0.2, 0.25) is 0 Å². The molecule has 224 valence electrons. The number of unbranched alkanes of at least 4 members (excludes halogenated alkanes) is 5. The van der Waals surface area contributed by atoms with Gasteiger partial charge in [0.2, 0.25) is 11.8 Å². The van der Waals surface area contributed by atoms with Crippen LogP contribution in [-0.2, 0) is 28.7 Å². The van der Waals surface area contributed by atoms with Gasteiger partial charge < -0.3 is 25.6 Å². The van der Waals surface area contributed by atoms with E-state index in [-0.39, 0.29) is 49.5 Å². The maximum absolute atomic E-state index is 13.9. The molecule has 0 bridgehead atoms. The molecule has 0 spiro atoms. The highest BCUT2D eigenvalue weighted by atomic mass is 19.1. The van der Waals surface area contributed by atoms with Crippen molar-refractivity contribution in [2.24, 2.45) is 5.73 Å². The molecule has 0 unspecified atom stereocenters. The molecule has 1 aliphatic heterocycles. The van der Waals surface area contributed by atoms with Gasteiger partial charge in [-0.25, -0.2) is 9.18 Å². The first-order chi connectivity index (χ1) is 18.9. The molecule has 1 fully saturated rings. The Labute approximate surface area is 232 Å². The lowest BCUT2D eigenvalue weighted by molar-refractivity contribution is -0.155. The fraction of sp³-hybridized carbons (Fsp3) is 0.704. The van der Waals surface area contributed by atoms with E-state index in [0.29, 0.717) is 12.8 Å². The first-order valence-electron chi connectivity index (χ1n) is 13.8. The van der Waals surface area contributed by atoms with Crippen molar-refractivity contribution in [1.82, 2.24) is 14.9 Å². The Bertz CT molecular complexity index is 1090. The van der Waals surface area contributed by atoms with Gasteiger partial charge in [-0.05, 0) is 33.1 Å². The lowest BCUT2D eigenvalue weighted by Gasteiger charge is -2.20. The highest BCUT2D eigenvalue weighted by molar-refractivity contribution is 5.92. The van der Waals surface area contributed by atoms with Gasteiger partial charge in [0.25, 0.3) is 0 Å². The molecule has 0 aromatic carbocycles. The van der Waals surface area contributed by atoms with Crippen molar-refractivity contribution in [2.45, 2.75) is 122 Å². The normalized spacial score (nSPS) is 21.1. The molecular formula is C27H41FN4O8. The van der Waals surface area contributed by atoms with Crippen LogP contribution in [-0.4, -0.2) is 62.6 Å². The number of primary amides is 1. The number of nitrogens with zero attached hydrogens (tertiary/aromatic N) is 2. The minimum absolute atomic E-state index is 0.0184. The summed E-state index contributed by atoms with van der Waals surface area (Å²) < 4.78 is 25.6. The van der Waals surface area contributed by atoms with Crippen molar-refractivity contribution < 1.29 is 38.1 Å². The third-order valence-electron chi connectivity index (χ3n) is 6.76. The van der Waals surface area contributed by atoms with Crippen LogP contribution < -0.4 is 16.7 Å². The van der Waals surface area contributed by atoms with Crippen LogP contribution in [0.3, 0.4) is 0 Å². The standard InChI is InChI=1S/C27H41FN4O8/c1-4-5-6-7-8-12-22(35)31-19(14-21(29)34)20(33)11-9-10-13-23(36)40-25-17(3)39-26(24(25)37)32-15-18(28)16(2)30-27(32)38/h15,17,19,24-26,37H,4-14H2,1-3H3,(H2,29,34)(H,31,35)/t17-,19-,24-,25-,26-/m1/s1. The lowest BCUT2D eigenvalue weighted by Crippen LogP contribution is -2.43. The van der Waals surface area contributed by atoms with E-state index in [2.05, 4.69) is 17.2 Å². The van der Waals surface area contributed by atoms with E-state index in [1.165, 1.54) is 6.92 Å². The number of rotatable bonds is 17. The van der Waals surface area contributed by atoms with Crippen molar-refractivity contribution in [3.63, 3.8) is 0 Å². The Kier molecular flexibility index (Phi) is 13.3. The maximum Gasteiger partial charge on any atom is 0.350 e. The minimum atomic E-state index is -1.44. The Morgan fingerprint density at radius 3 is 2.48 bits per heavy atom. The van der Waals surface area contributed by atoms with Gasteiger partial charge in [0, 0.05) is 25.5 Å². The van der Waals surface area contributed by atoms with Crippen LogP contribution in [0, 0.1) is 12.7 Å². The smallest absolute Gasteiger partial charge is 0.350 e. The molecule has 13 heteroatoms. The Hall–Kier alpha value is -3.19. The van der Waals surface area contributed by atoms with E-state index in [9.17, 15) is 33.5 Å². The number of ether oxygens (including phenoxy) is 2. The highest BCUT2D eigenvalue weighted by Gasteiger charge is 2.45. The predicted molar refractivity (Wildman–Crippen MR) is 141 cm³/mol. The number of ketones is 1. The number of halogens is 1. The SMILES string of the molecule is CCCCCCCC(=O)N[C@H](CC(N)=O)C(=O)CCCCC(=O)O[C@H]1[C@@H](O)[C@H](n2cc(F)c(C)nc2=O)O[C@@H]1C. The first kappa shape index (κ1) is 33.0. The largest absolute Gasteiger partial charge is 0.457 e. The second-order valence-corrected chi connectivity index (χ2v) is 10.2. The third-order valence-corrected chi connectivity index (χ3v) is 6.76. The third kappa shape index (κ3) is 10.1. The number of aliphatic hydroxyl groups excluding tert-OH is 1. The number of hydrogen-bond acceptors (Lipinski definition) is 9. The van der Waals surface area contributed by atoms with E-state index in [1.807, 2.05) is 0 Å². The quantitative estimate of drug-likeness (QED) is 0.186. The number of aliphatic hydroxyl groups is 1. The number of nitrogens with two attached hydrogens (primary N) is 1. The number of carbonyl (C=O) groups excluding carboxylic acids is 4. The van der Waals surface area contributed by atoms with Crippen LogP contribution in [0.4, 0.5) is 4.39 Å². The summed E-state index contributed by atoms with van der Waals surface area (Å²) in [6.07, 6.45) is 1.57. The summed E-state index contributed by atoms with van der Waals surface area (Å²) in [5.74, 6) is -2.78. The number of hydrogen-bond donors (Lipinski definition) is 3. The van der Waals surface area contributed by atoms with E-state index in [0.717, 1.165) is 36.4 Å². The molecule has 0 aliphatic carbocycles. The first-order valence-corrected chi connectivity index (χ1v) is 13.8. The van der Waals surface area contributed by atoms with Crippen LogP contribution in [0.15, 0.2) is 11.0 Å². The predicted octanol–water partition coefficient (Wildman–Crippen LogP) is 1.73. The molecule has 0 radical (unpaired) electrons. The molecule has 0 saturated carbocycles. The molecule has 4 N–H and O–H groups in total. The fourth-order valence-corrected chi connectivity index (χ4v) is 4.48. The van der Waals surface area contributed by atoms with Gasteiger partial charge >= 0.3 is 11.7 Å². The number of esters is 1. The van der Waals surface area contributed by atoms with Gasteiger partial charge in [-0.2, -0.15) is 4.98 Å². The van der Waals surface area contributed by atoms with Crippen molar-refractivity contribution in [3.8, 4) is 0 Å². The fourth-order valence-electron chi connectivity index (χ4n) is 4.48. The Morgan fingerprint density at radius 2 is 1.80 bits per heavy atom. The van der Waals surface area contributed by atoms with Crippen LogP contribution in [0.5, 0.6) is 0 Å². The van der Waals surface area contributed by atoms with Crippen molar-refractivity contribution in [2.75, 3.05) is 0 Å². The minimum Gasteiger partial charge on any atom is -0.457 e. The van der Waals surface area contributed by atoms with Gasteiger partial charge in [0.05, 0.1) is 24.3 Å². The number of carbonyl (C=O) groups is 4.